The Morgan fingerprint density at radius 2 is 2.00 bits per heavy atom. The second-order valence-electron chi connectivity index (χ2n) is 5.13. The molecule has 0 aliphatic carbocycles. The van der Waals surface area contributed by atoms with Crippen LogP contribution in [-0.2, 0) is 4.79 Å². The van der Waals surface area contributed by atoms with Gasteiger partial charge in [0, 0.05) is 17.0 Å². The smallest absolute Gasteiger partial charge is 0.258 e. The van der Waals surface area contributed by atoms with Gasteiger partial charge in [-0.3, -0.25) is 4.79 Å². The maximum Gasteiger partial charge on any atom is 0.258 e. The number of amides is 1. The van der Waals surface area contributed by atoms with E-state index in [0.717, 1.165) is 22.1 Å². The quantitative estimate of drug-likeness (QED) is 0.858. The van der Waals surface area contributed by atoms with Crippen LogP contribution in [0.5, 0.6) is 5.75 Å². The number of nitrogens with two attached hydrogens (primary N) is 1. The highest BCUT2D eigenvalue weighted by atomic mass is 16.5. The molecular formula is C17H22N2O2. The van der Waals surface area contributed by atoms with Crippen LogP contribution in [0.3, 0.4) is 0 Å². The third-order valence-electron chi connectivity index (χ3n) is 3.76. The normalized spacial score (nSPS) is 13.9. The number of carbonyl (C=O) groups excluding carboxylic acids is 1. The van der Waals surface area contributed by atoms with Crippen molar-refractivity contribution in [1.29, 1.82) is 0 Å². The van der Waals surface area contributed by atoms with Crippen LogP contribution in [0.15, 0.2) is 36.4 Å². The minimum atomic E-state index is -0.612. The highest BCUT2D eigenvalue weighted by Crippen LogP contribution is 2.34. The van der Waals surface area contributed by atoms with Gasteiger partial charge in [-0.05, 0) is 25.8 Å². The highest BCUT2D eigenvalue weighted by Gasteiger charge is 2.20. The number of benzene rings is 2. The molecule has 1 amide bonds. The average molecular weight is 286 g/mol. The fourth-order valence-electron chi connectivity index (χ4n) is 2.37. The first-order valence-electron chi connectivity index (χ1n) is 7.23. The Bertz CT molecular complexity index is 640. The van der Waals surface area contributed by atoms with Gasteiger partial charge in [0.05, 0.1) is 0 Å². The van der Waals surface area contributed by atoms with Crippen molar-refractivity contribution in [2.45, 2.75) is 32.4 Å². The number of fused-ring (bicyclic) bond motifs is 1. The molecule has 2 rings (SSSR count). The van der Waals surface area contributed by atoms with Crippen molar-refractivity contribution >= 4 is 16.7 Å². The standard InChI is InChI=1S/C17H22N2O2/c1-4-15(17(18)20)21-16-13(11(2)19-3)10-9-12-7-5-6-8-14(12)16/h5-11,15,19H,4H2,1-3H3,(H2,18,20). The minimum Gasteiger partial charge on any atom is -0.480 e. The van der Waals surface area contributed by atoms with Crippen LogP contribution in [0.1, 0.15) is 31.9 Å². The first kappa shape index (κ1) is 15.3. The molecule has 0 radical (unpaired) electrons. The predicted molar refractivity (Wildman–Crippen MR) is 85.3 cm³/mol. The Balaban J connectivity index is 2.57. The summed E-state index contributed by atoms with van der Waals surface area (Å²) in [6, 6.07) is 12.2. The predicted octanol–water partition coefficient (Wildman–Crippen LogP) is 2.76. The van der Waals surface area contributed by atoms with Gasteiger partial charge in [-0.15, -0.1) is 0 Å². The third-order valence-corrected chi connectivity index (χ3v) is 3.76. The van der Waals surface area contributed by atoms with Crippen molar-refractivity contribution in [2.24, 2.45) is 5.73 Å². The molecule has 4 nitrogen and oxygen atoms in total. The zero-order valence-electron chi connectivity index (χ0n) is 12.7. The van der Waals surface area contributed by atoms with Gasteiger partial charge in [-0.1, -0.05) is 43.3 Å². The molecule has 0 fully saturated rings. The summed E-state index contributed by atoms with van der Waals surface area (Å²) in [5.41, 5.74) is 6.44. The van der Waals surface area contributed by atoms with Gasteiger partial charge in [0.15, 0.2) is 6.10 Å². The van der Waals surface area contributed by atoms with Gasteiger partial charge in [-0.2, -0.15) is 0 Å². The molecule has 21 heavy (non-hydrogen) atoms. The van der Waals surface area contributed by atoms with E-state index in [2.05, 4.69) is 18.3 Å². The Labute approximate surface area is 125 Å². The lowest BCUT2D eigenvalue weighted by molar-refractivity contribution is -0.124. The highest BCUT2D eigenvalue weighted by molar-refractivity contribution is 5.90. The van der Waals surface area contributed by atoms with Crippen LogP contribution in [0.4, 0.5) is 0 Å². The number of hydrogen-bond donors (Lipinski definition) is 2. The number of nitrogens with one attached hydrogen (secondary N) is 1. The summed E-state index contributed by atoms with van der Waals surface area (Å²) in [6.07, 6.45) is -0.0648. The molecule has 2 aromatic rings. The topological polar surface area (TPSA) is 64.3 Å². The van der Waals surface area contributed by atoms with Crippen molar-refractivity contribution in [3.05, 3.63) is 42.0 Å². The number of ether oxygens (including phenoxy) is 1. The molecule has 0 spiro atoms. The van der Waals surface area contributed by atoms with Crippen LogP contribution in [0.2, 0.25) is 0 Å². The van der Waals surface area contributed by atoms with Crippen LogP contribution < -0.4 is 15.8 Å². The van der Waals surface area contributed by atoms with E-state index in [-0.39, 0.29) is 6.04 Å². The fourth-order valence-corrected chi connectivity index (χ4v) is 2.37. The molecule has 3 N–H and O–H groups in total. The number of hydrogen-bond acceptors (Lipinski definition) is 3. The molecule has 2 aromatic carbocycles. The summed E-state index contributed by atoms with van der Waals surface area (Å²) < 4.78 is 5.98. The second-order valence-corrected chi connectivity index (χ2v) is 5.13. The summed E-state index contributed by atoms with van der Waals surface area (Å²) in [5, 5.41) is 5.29. The van der Waals surface area contributed by atoms with E-state index in [1.54, 1.807) is 0 Å². The maximum absolute atomic E-state index is 11.5. The lowest BCUT2D eigenvalue weighted by atomic mass is 10.0. The number of primary amides is 1. The van der Waals surface area contributed by atoms with Crippen molar-refractivity contribution in [1.82, 2.24) is 5.32 Å². The summed E-state index contributed by atoms with van der Waals surface area (Å²) in [7, 11) is 1.90. The van der Waals surface area contributed by atoms with E-state index in [9.17, 15) is 4.79 Å². The Morgan fingerprint density at radius 1 is 1.29 bits per heavy atom. The summed E-state index contributed by atoms with van der Waals surface area (Å²) in [6.45, 7) is 3.95. The van der Waals surface area contributed by atoms with Crippen molar-refractivity contribution in [2.75, 3.05) is 7.05 Å². The Morgan fingerprint density at radius 3 is 2.62 bits per heavy atom. The minimum absolute atomic E-state index is 0.120. The van der Waals surface area contributed by atoms with Gasteiger partial charge < -0.3 is 15.8 Å². The molecule has 2 unspecified atom stereocenters. The van der Waals surface area contributed by atoms with Crippen molar-refractivity contribution in [3.63, 3.8) is 0 Å². The van der Waals surface area contributed by atoms with Gasteiger partial charge in [0.2, 0.25) is 0 Å². The molecule has 0 aliphatic heterocycles. The zero-order valence-corrected chi connectivity index (χ0v) is 12.7. The molecule has 4 heteroatoms. The average Bonchev–Trinajstić information content (AvgIpc) is 2.51. The molecule has 2 atom stereocenters. The summed E-state index contributed by atoms with van der Waals surface area (Å²) in [4.78, 5) is 11.5. The SMILES string of the molecule is CCC(Oc1c(C(C)NC)ccc2ccccc12)C(N)=O. The molecule has 0 aliphatic rings. The van der Waals surface area contributed by atoms with E-state index in [1.165, 1.54) is 0 Å². The monoisotopic (exact) mass is 286 g/mol. The van der Waals surface area contributed by atoms with Gasteiger partial charge in [0.1, 0.15) is 5.75 Å². The van der Waals surface area contributed by atoms with Gasteiger partial charge >= 0.3 is 0 Å². The van der Waals surface area contributed by atoms with Crippen molar-refractivity contribution < 1.29 is 9.53 Å². The molecule has 0 aromatic heterocycles. The van der Waals surface area contributed by atoms with Crippen LogP contribution in [-0.4, -0.2) is 19.1 Å². The second kappa shape index (κ2) is 6.59. The van der Waals surface area contributed by atoms with E-state index < -0.39 is 12.0 Å². The van der Waals surface area contributed by atoms with Crippen LogP contribution in [0.25, 0.3) is 10.8 Å². The first-order chi connectivity index (χ1) is 10.1. The van der Waals surface area contributed by atoms with Gasteiger partial charge in [0.25, 0.3) is 5.91 Å². The van der Waals surface area contributed by atoms with Gasteiger partial charge in [-0.25, -0.2) is 0 Å². The van der Waals surface area contributed by atoms with E-state index in [0.29, 0.717) is 6.42 Å². The van der Waals surface area contributed by atoms with E-state index in [1.807, 2.05) is 44.3 Å². The third kappa shape index (κ3) is 3.16. The Kier molecular flexibility index (Phi) is 4.81. The van der Waals surface area contributed by atoms with E-state index >= 15 is 0 Å². The summed E-state index contributed by atoms with van der Waals surface area (Å²) >= 11 is 0. The van der Waals surface area contributed by atoms with Crippen molar-refractivity contribution in [3.8, 4) is 5.75 Å². The van der Waals surface area contributed by atoms with E-state index in [4.69, 9.17) is 10.5 Å². The molecule has 0 saturated heterocycles. The lowest BCUT2D eigenvalue weighted by Gasteiger charge is -2.22. The lowest BCUT2D eigenvalue weighted by Crippen LogP contribution is -2.33. The largest absolute Gasteiger partial charge is 0.480 e. The Hall–Kier alpha value is -2.07. The maximum atomic E-state index is 11.5. The zero-order chi connectivity index (χ0) is 15.4. The van der Waals surface area contributed by atoms with Crippen LogP contribution in [0, 0.1) is 0 Å². The molecule has 0 bridgehead atoms. The molecule has 0 saturated carbocycles. The molecule has 0 heterocycles. The molecular weight excluding hydrogens is 264 g/mol. The number of carbonyl (C=O) groups is 1. The number of rotatable bonds is 6. The molecule has 112 valence electrons. The fraction of sp³-hybridized carbons (Fsp3) is 0.353. The van der Waals surface area contributed by atoms with Crippen LogP contribution >= 0.6 is 0 Å². The first-order valence-corrected chi connectivity index (χ1v) is 7.23. The summed E-state index contributed by atoms with van der Waals surface area (Å²) in [5.74, 6) is 0.300.